The molecule has 0 aliphatic heterocycles. The molecule has 0 aliphatic rings. The second kappa shape index (κ2) is 5.17. The highest BCUT2D eigenvalue weighted by Crippen LogP contribution is 2.24. The highest BCUT2D eigenvalue weighted by Gasteiger charge is 2.25. The third-order valence-corrected chi connectivity index (χ3v) is 2.92. The summed E-state index contributed by atoms with van der Waals surface area (Å²) in [6.45, 7) is 6.42. The van der Waals surface area contributed by atoms with Crippen molar-refractivity contribution in [1.29, 1.82) is 0 Å². The lowest BCUT2D eigenvalue weighted by molar-refractivity contribution is -0.0297. The van der Waals surface area contributed by atoms with Crippen molar-refractivity contribution in [2.24, 2.45) is 7.05 Å². The summed E-state index contributed by atoms with van der Waals surface area (Å²) in [6, 6.07) is 0. The lowest BCUT2D eigenvalue weighted by atomic mass is 9.98. The van der Waals surface area contributed by atoms with Gasteiger partial charge in [-0.2, -0.15) is 5.10 Å². The maximum absolute atomic E-state index is 10.1. The molecular weight excluding hydrogens is 228 g/mol. The van der Waals surface area contributed by atoms with Gasteiger partial charge in [-0.25, -0.2) is 0 Å². The molecule has 92 valence electrons. The third kappa shape index (κ3) is 3.20. The highest BCUT2D eigenvalue weighted by molar-refractivity contribution is 6.30. The zero-order valence-electron chi connectivity index (χ0n) is 10.2. The van der Waals surface area contributed by atoms with E-state index in [1.54, 1.807) is 18.7 Å². The van der Waals surface area contributed by atoms with E-state index in [0.29, 0.717) is 24.8 Å². The smallest absolute Gasteiger partial charge is 0.130 e. The third-order valence-electron chi connectivity index (χ3n) is 2.44. The summed E-state index contributed by atoms with van der Waals surface area (Å²) in [4.78, 5) is 0. The average Bonchev–Trinajstić information content (AvgIpc) is 2.42. The van der Waals surface area contributed by atoms with Crippen molar-refractivity contribution in [2.45, 2.75) is 32.8 Å². The SMILES string of the molecule is CCOCC(C)(O)Cc1c(C)nn(C)c1Cl. The Balaban J connectivity index is 2.79. The molecule has 0 saturated heterocycles. The zero-order valence-corrected chi connectivity index (χ0v) is 11.0. The van der Waals surface area contributed by atoms with E-state index in [2.05, 4.69) is 5.10 Å². The van der Waals surface area contributed by atoms with E-state index in [-0.39, 0.29) is 0 Å². The van der Waals surface area contributed by atoms with Crippen molar-refractivity contribution < 1.29 is 9.84 Å². The maximum atomic E-state index is 10.1. The van der Waals surface area contributed by atoms with Gasteiger partial charge in [-0.3, -0.25) is 4.68 Å². The van der Waals surface area contributed by atoms with Crippen molar-refractivity contribution in [2.75, 3.05) is 13.2 Å². The van der Waals surface area contributed by atoms with Gasteiger partial charge < -0.3 is 9.84 Å². The Hall–Kier alpha value is -0.580. The zero-order chi connectivity index (χ0) is 12.3. The van der Waals surface area contributed by atoms with Crippen LogP contribution in [0, 0.1) is 6.92 Å². The lowest BCUT2D eigenvalue weighted by Crippen LogP contribution is -2.33. The van der Waals surface area contributed by atoms with Crippen LogP contribution in [0.4, 0.5) is 0 Å². The standard InChI is InChI=1S/C11H19ClN2O2/c1-5-16-7-11(3,15)6-9-8(2)13-14(4)10(9)12/h15H,5-7H2,1-4H3. The molecule has 1 aromatic heterocycles. The fourth-order valence-electron chi connectivity index (χ4n) is 1.63. The van der Waals surface area contributed by atoms with Crippen LogP contribution in [0.1, 0.15) is 25.1 Å². The van der Waals surface area contributed by atoms with E-state index < -0.39 is 5.60 Å². The summed E-state index contributed by atoms with van der Waals surface area (Å²) < 4.78 is 6.85. The van der Waals surface area contributed by atoms with Crippen LogP contribution in [0.3, 0.4) is 0 Å². The summed E-state index contributed by atoms with van der Waals surface area (Å²) in [5, 5.41) is 14.9. The van der Waals surface area contributed by atoms with E-state index in [4.69, 9.17) is 16.3 Å². The Bertz CT molecular complexity index is 361. The first kappa shape index (κ1) is 13.5. The van der Waals surface area contributed by atoms with E-state index in [0.717, 1.165) is 11.3 Å². The molecular formula is C11H19ClN2O2. The molecule has 1 atom stereocenters. The molecule has 0 fully saturated rings. The molecule has 0 aromatic carbocycles. The number of hydrogen-bond acceptors (Lipinski definition) is 3. The van der Waals surface area contributed by atoms with Crippen LogP contribution in [-0.2, 0) is 18.2 Å². The van der Waals surface area contributed by atoms with E-state index >= 15 is 0 Å². The van der Waals surface area contributed by atoms with E-state index in [1.807, 2.05) is 13.8 Å². The van der Waals surface area contributed by atoms with Crippen LogP contribution < -0.4 is 0 Å². The van der Waals surface area contributed by atoms with Gasteiger partial charge in [0.1, 0.15) is 5.15 Å². The van der Waals surface area contributed by atoms with Crippen LogP contribution in [0.2, 0.25) is 5.15 Å². The van der Waals surface area contributed by atoms with Gasteiger partial charge in [0.25, 0.3) is 0 Å². The van der Waals surface area contributed by atoms with Crippen molar-refractivity contribution in [3.05, 3.63) is 16.4 Å². The number of hydrogen-bond donors (Lipinski definition) is 1. The Labute approximate surface area is 101 Å². The normalized spacial score (nSPS) is 15.1. The van der Waals surface area contributed by atoms with Gasteiger partial charge in [-0.15, -0.1) is 0 Å². The summed E-state index contributed by atoms with van der Waals surface area (Å²) in [7, 11) is 1.79. The van der Waals surface area contributed by atoms with Crippen molar-refractivity contribution in [1.82, 2.24) is 9.78 Å². The molecule has 1 unspecified atom stereocenters. The average molecular weight is 247 g/mol. The minimum absolute atomic E-state index is 0.300. The number of ether oxygens (including phenoxy) is 1. The predicted molar refractivity (Wildman–Crippen MR) is 63.8 cm³/mol. The van der Waals surface area contributed by atoms with Crippen molar-refractivity contribution in [3.63, 3.8) is 0 Å². The Morgan fingerprint density at radius 2 is 2.19 bits per heavy atom. The highest BCUT2D eigenvalue weighted by atomic mass is 35.5. The number of nitrogens with zero attached hydrogens (tertiary/aromatic N) is 2. The molecule has 1 N–H and O–H groups in total. The molecule has 0 aliphatic carbocycles. The molecule has 16 heavy (non-hydrogen) atoms. The maximum Gasteiger partial charge on any atom is 0.130 e. The summed E-state index contributed by atoms with van der Waals surface area (Å²) in [5.41, 5.74) is 0.825. The minimum atomic E-state index is -0.909. The number of rotatable bonds is 5. The lowest BCUT2D eigenvalue weighted by Gasteiger charge is -2.22. The number of aliphatic hydroxyl groups is 1. The fraction of sp³-hybridized carbons (Fsp3) is 0.727. The topological polar surface area (TPSA) is 47.3 Å². The molecule has 0 bridgehead atoms. The first-order valence-corrected chi connectivity index (χ1v) is 5.73. The van der Waals surface area contributed by atoms with Gasteiger partial charge >= 0.3 is 0 Å². The van der Waals surface area contributed by atoms with Crippen LogP contribution in [0.25, 0.3) is 0 Å². The van der Waals surface area contributed by atoms with Gasteiger partial charge in [-0.1, -0.05) is 11.6 Å². The predicted octanol–water partition coefficient (Wildman–Crippen LogP) is 1.71. The molecule has 4 nitrogen and oxygen atoms in total. The minimum Gasteiger partial charge on any atom is -0.387 e. The Kier molecular flexibility index (Phi) is 4.35. The van der Waals surface area contributed by atoms with Crippen LogP contribution >= 0.6 is 11.6 Å². The molecule has 1 heterocycles. The number of halogens is 1. The van der Waals surface area contributed by atoms with E-state index in [1.165, 1.54) is 0 Å². The molecule has 1 aromatic rings. The van der Waals surface area contributed by atoms with Gasteiger partial charge in [0, 0.05) is 25.6 Å². The van der Waals surface area contributed by atoms with Crippen LogP contribution in [0.15, 0.2) is 0 Å². The van der Waals surface area contributed by atoms with Crippen LogP contribution in [0.5, 0.6) is 0 Å². The second-order valence-electron chi connectivity index (χ2n) is 4.29. The first-order valence-electron chi connectivity index (χ1n) is 5.35. The van der Waals surface area contributed by atoms with Crippen molar-refractivity contribution in [3.8, 4) is 0 Å². The monoisotopic (exact) mass is 246 g/mol. The molecule has 0 radical (unpaired) electrons. The summed E-state index contributed by atoms with van der Waals surface area (Å²) >= 11 is 6.10. The molecule has 0 spiro atoms. The van der Waals surface area contributed by atoms with E-state index in [9.17, 15) is 5.11 Å². The summed E-state index contributed by atoms with van der Waals surface area (Å²) in [6.07, 6.45) is 0.450. The quantitative estimate of drug-likeness (QED) is 0.861. The Morgan fingerprint density at radius 1 is 1.56 bits per heavy atom. The largest absolute Gasteiger partial charge is 0.387 e. The second-order valence-corrected chi connectivity index (χ2v) is 4.65. The van der Waals surface area contributed by atoms with Crippen LogP contribution in [-0.4, -0.2) is 33.7 Å². The fourth-order valence-corrected chi connectivity index (χ4v) is 1.87. The molecule has 5 heteroatoms. The van der Waals surface area contributed by atoms with Crippen molar-refractivity contribution >= 4 is 11.6 Å². The van der Waals surface area contributed by atoms with Gasteiger partial charge in [0.05, 0.1) is 17.9 Å². The first-order chi connectivity index (χ1) is 7.37. The van der Waals surface area contributed by atoms with Gasteiger partial charge in [0.15, 0.2) is 0 Å². The number of aryl methyl sites for hydroxylation is 2. The summed E-state index contributed by atoms with van der Waals surface area (Å²) in [5.74, 6) is 0. The van der Waals surface area contributed by atoms with Gasteiger partial charge in [0.2, 0.25) is 0 Å². The molecule has 1 rings (SSSR count). The van der Waals surface area contributed by atoms with Gasteiger partial charge in [-0.05, 0) is 20.8 Å². The Morgan fingerprint density at radius 3 is 2.62 bits per heavy atom. The molecule has 0 amide bonds. The molecule has 0 saturated carbocycles. The number of aromatic nitrogens is 2.